The minimum Gasteiger partial charge on any atom is -0.336 e. The molecular weight excluding hydrogens is 202 g/mol. The van der Waals surface area contributed by atoms with Gasteiger partial charge in [-0.25, -0.2) is 13.4 Å². The summed E-state index contributed by atoms with van der Waals surface area (Å²) in [5.74, 6) is 0. The molecule has 0 N–H and O–H groups in total. The maximum Gasteiger partial charge on any atom is 0.211 e. The average Bonchev–Trinajstić information content (AvgIpc) is 2.46. The Morgan fingerprint density at radius 3 is 2.86 bits per heavy atom. The number of aryl methyl sites for hydroxylation is 1. The van der Waals surface area contributed by atoms with Crippen LogP contribution in [0.1, 0.15) is 11.4 Å². The lowest BCUT2D eigenvalue weighted by molar-refractivity contribution is 0.383. The Morgan fingerprint density at radius 2 is 2.21 bits per heavy atom. The van der Waals surface area contributed by atoms with E-state index >= 15 is 0 Å². The predicted octanol–water partition coefficient (Wildman–Crippen LogP) is -0.262. The average molecular weight is 215 g/mol. The van der Waals surface area contributed by atoms with E-state index in [1.807, 2.05) is 11.6 Å². The highest BCUT2D eigenvalue weighted by molar-refractivity contribution is 7.88. The number of imidazole rings is 1. The van der Waals surface area contributed by atoms with Crippen LogP contribution in [0.25, 0.3) is 0 Å². The fraction of sp³-hybridized carbons (Fsp3) is 0.625. The van der Waals surface area contributed by atoms with Gasteiger partial charge in [-0.1, -0.05) is 0 Å². The Labute approximate surface area is 83.4 Å². The molecule has 5 nitrogen and oxygen atoms in total. The van der Waals surface area contributed by atoms with Crippen molar-refractivity contribution < 1.29 is 8.42 Å². The number of hydrogen-bond acceptors (Lipinski definition) is 3. The van der Waals surface area contributed by atoms with E-state index in [0.29, 0.717) is 19.5 Å². The summed E-state index contributed by atoms with van der Waals surface area (Å²) in [4.78, 5) is 4.21. The number of hydrogen-bond donors (Lipinski definition) is 0. The molecule has 2 rings (SSSR count). The molecule has 0 radical (unpaired) electrons. The van der Waals surface area contributed by atoms with E-state index in [1.165, 1.54) is 10.6 Å². The highest BCUT2D eigenvalue weighted by Gasteiger charge is 2.25. The molecule has 1 aliphatic rings. The molecule has 0 saturated heterocycles. The molecule has 0 aliphatic carbocycles. The van der Waals surface area contributed by atoms with E-state index in [1.54, 1.807) is 6.33 Å². The zero-order valence-electron chi connectivity index (χ0n) is 8.27. The van der Waals surface area contributed by atoms with Crippen molar-refractivity contribution in [2.24, 2.45) is 7.05 Å². The van der Waals surface area contributed by atoms with E-state index < -0.39 is 10.0 Å². The van der Waals surface area contributed by atoms with E-state index in [2.05, 4.69) is 4.98 Å². The fourth-order valence-electron chi connectivity index (χ4n) is 1.68. The second kappa shape index (κ2) is 3.06. The Morgan fingerprint density at radius 1 is 1.50 bits per heavy atom. The predicted molar refractivity (Wildman–Crippen MR) is 52.2 cm³/mol. The first kappa shape index (κ1) is 9.67. The maximum atomic E-state index is 11.3. The third-order valence-electron chi connectivity index (χ3n) is 2.54. The first-order valence-electron chi connectivity index (χ1n) is 4.42. The summed E-state index contributed by atoms with van der Waals surface area (Å²) < 4.78 is 26.0. The minimum absolute atomic E-state index is 0.449. The molecule has 1 aromatic rings. The van der Waals surface area contributed by atoms with Crippen LogP contribution >= 0.6 is 0 Å². The van der Waals surface area contributed by atoms with Crippen LogP contribution in [0, 0.1) is 0 Å². The second-order valence-electron chi connectivity index (χ2n) is 3.60. The normalized spacial score (nSPS) is 18.1. The van der Waals surface area contributed by atoms with Crippen LogP contribution in [0.5, 0.6) is 0 Å². The van der Waals surface area contributed by atoms with E-state index in [9.17, 15) is 8.42 Å². The van der Waals surface area contributed by atoms with Gasteiger partial charge >= 0.3 is 0 Å². The van der Waals surface area contributed by atoms with Gasteiger partial charge in [-0.15, -0.1) is 0 Å². The lowest BCUT2D eigenvalue weighted by Gasteiger charge is -2.24. The summed E-state index contributed by atoms with van der Waals surface area (Å²) >= 11 is 0. The van der Waals surface area contributed by atoms with Crippen molar-refractivity contribution >= 4 is 10.0 Å². The molecule has 78 valence electrons. The first-order chi connectivity index (χ1) is 6.48. The van der Waals surface area contributed by atoms with Crippen molar-refractivity contribution in [1.29, 1.82) is 0 Å². The molecule has 0 amide bonds. The van der Waals surface area contributed by atoms with Gasteiger partial charge in [0.1, 0.15) is 0 Å². The lowest BCUT2D eigenvalue weighted by atomic mass is 10.2. The smallest absolute Gasteiger partial charge is 0.211 e. The molecule has 1 aliphatic heterocycles. The Kier molecular flexibility index (Phi) is 2.11. The molecule has 1 aromatic heterocycles. The van der Waals surface area contributed by atoms with Crippen LogP contribution in [0.3, 0.4) is 0 Å². The quantitative estimate of drug-likeness (QED) is 0.648. The van der Waals surface area contributed by atoms with Crippen LogP contribution in [0.15, 0.2) is 6.33 Å². The van der Waals surface area contributed by atoms with Gasteiger partial charge in [-0.3, -0.25) is 0 Å². The lowest BCUT2D eigenvalue weighted by Crippen LogP contribution is -2.35. The number of fused-ring (bicyclic) bond motifs is 1. The van der Waals surface area contributed by atoms with Gasteiger partial charge < -0.3 is 4.57 Å². The van der Waals surface area contributed by atoms with Crippen molar-refractivity contribution in [1.82, 2.24) is 13.9 Å². The van der Waals surface area contributed by atoms with Gasteiger partial charge in [0.2, 0.25) is 10.0 Å². The van der Waals surface area contributed by atoms with Crippen LogP contribution in [0.4, 0.5) is 0 Å². The number of aromatic nitrogens is 2. The topological polar surface area (TPSA) is 55.2 Å². The van der Waals surface area contributed by atoms with Gasteiger partial charge in [0, 0.05) is 20.0 Å². The number of sulfonamides is 1. The third kappa shape index (κ3) is 1.55. The molecule has 0 unspecified atom stereocenters. The van der Waals surface area contributed by atoms with Crippen molar-refractivity contribution in [2.75, 3.05) is 12.8 Å². The Balaban J connectivity index is 2.33. The van der Waals surface area contributed by atoms with E-state index in [4.69, 9.17) is 0 Å². The maximum absolute atomic E-state index is 11.3. The zero-order valence-corrected chi connectivity index (χ0v) is 9.08. The van der Waals surface area contributed by atoms with Gasteiger partial charge in [0.25, 0.3) is 0 Å². The standard InChI is InChI=1S/C8H13N3O2S/c1-10-6-9-7-3-4-11(5-8(7)10)14(2,12)13/h6H,3-5H2,1-2H3. The molecule has 2 heterocycles. The summed E-state index contributed by atoms with van der Waals surface area (Å²) in [5.41, 5.74) is 2.02. The fourth-order valence-corrected chi connectivity index (χ4v) is 2.46. The van der Waals surface area contributed by atoms with Gasteiger partial charge in [0.15, 0.2) is 0 Å². The largest absolute Gasteiger partial charge is 0.336 e. The molecule has 0 atom stereocenters. The summed E-state index contributed by atoms with van der Waals surface area (Å²) in [6.07, 6.45) is 3.69. The summed E-state index contributed by atoms with van der Waals surface area (Å²) in [6.45, 7) is 0.994. The van der Waals surface area contributed by atoms with Crippen LogP contribution < -0.4 is 0 Å². The molecule has 0 saturated carbocycles. The van der Waals surface area contributed by atoms with E-state index in [-0.39, 0.29) is 0 Å². The van der Waals surface area contributed by atoms with Crippen molar-refractivity contribution in [3.8, 4) is 0 Å². The van der Waals surface area contributed by atoms with Crippen molar-refractivity contribution in [3.63, 3.8) is 0 Å². The van der Waals surface area contributed by atoms with Crippen LogP contribution in [-0.4, -0.2) is 35.1 Å². The summed E-state index contributed by atoms with van der Waals surface area (Å²) in [7, 11) is -1.18. The SMILES string of the molecule is Cn1cnc2c1CN(S(C)(=O)=O)CC2. The molecular formula is C8H13N3O2S. The molecule has 14 heavy (non-hydrogen) atoms. The summed E-state index contributed by atoms with van der Waals surface area (Å²) in [5, 5.41) is 0. The first-order valence-corrected chi connectivity index (χ1v) is 6.27. The van der Waals surface area contributed by atoms with Gasteiger partial charge in [-0.2, -0.15) is 4.31 Å². The zero-order chi connectivity index (χ0) is 10.3. The summed E-state index contributed by atoms with van der Waals surface area (Å²) in [6, 6.07) is 0. The molecule has 0 fully saturated rings. The Hall–Kier alpha value is -0.880. The highest BCUT2D eigenvalue weighted by Crippen LogP contribution is 2.18. The highest BCUT2D eigenvalue weighted by atomic mass is 32.2. The molecule has 0 aromatic carbocycles. The van der Waals surface area contributed by atoms with Crippen molar-refractivity contribution in [3.05, 3.63) is 17.7 Å². The third-order valence-corrected chi connectivity index (χ3v) is 3.79. The van der Waals surface area contributed by atoms with E-state index in [0.717, 1.165) is 11.4 Å². The van der Waals surface area contributed by atoms with Gasteiger partial charge in [-0.05, 0) is 0 Å². The molecule has 0 bridgehead atoms. The monoisotopic (exact) mass is 215 g/mol. The minimum atomic E-state index is -3.07. The van der Waals surface area contributed by atoms with Crippen LogP contribution in [-0.2, 0) is 30.0 Å². The number of rotatable bonds is 1. The van der Waals surface area contributed by atoms with Gasteiger partial charge in [0.05, 0.1) is 30.5 Å². The molecule has 0 spiro atoms. The Bertz CT molecular complexity index is 449. The second-order valence-corrected chi connectivity index (χ2v) is 5.58. The molecule has 6 heteroatoms. The number of nitrogens with zero attached hydrogens (tertiary/aromatic N) is 3. The van der Waals surface area contributed by atoms with Crippen LogP contribution in [0.2, 0.25) is 0 Å². The van der Waals surface area contributed by atoms with Crippen molar-refractivity contribution in [2.45, 2.75) is 13.0 Å².